The summed E-state index contributed by atoms with van der Waals surface area (Å²) in [5.41, 5.74) is 1.55. The highest BCUT2D eigenvalue weighted by Crippen LogP contribution is 2.57. The highest BCUT2D eigenvalue weighted by Gasteiger charge is 2.56. The summed E-state index contributed by atoms with van der Waals surface area (Å²) in [5, 5.41) is 3.27. The Morgan fingerprint density at radius 2 is 2.21 bits per heavy atom. The molecule has 3 rings (SSSR count). The molecule has 1 aromatic carbocycles. The summed E-state index contributed by atoms with van der Waals surface area (Å²) in [7, 11) is 2.01. The van der Waals surface area contributed by atoms with Crippen LogP contribution in [0.2, 0.25) is 0 Å². The van der Waals surface area contributed by atoms with Crippen molar-refractivity contribution in [2.24, 2.45) is 0 Å². The monoisotopic (exact) mass is 189 g/mol. The fraction of sp³-hybridized carbons (Fsp3) is 0.500. The van der Waals surface area contributed by atoms with Crippen molar-refractivity contribution in [2.45, 2.75) is 24.4 Å². The highest BCUT2D eigenvalue weighted by molar-refractivity contribution is 5.45. The second-order valence-corrected chi connectivity index (χ2v) is 4.31. The van der Waals surface area contributed by atoms with Gasteiger partial charge in [0.15, 0.2) is 0 Å². The van der Waals surface area contributed by atoms with E-state index in [9.17, 15) is 0 Å². The lowest BCUT2D eigenvalue weighted by Crippen LogP contribution is -2.28. The van der Waals surface area contributed by atoms with Crippen LogP contribution in [-0.2, 0) is 0 Å². The molecule has 1 fully saturated rings. The van der Waals surface area contributed by atoms with Crippen molar-refractivity contribution in [1.29, 1.82) is 0 Å². The summed E-state index contributed by atoms with van der Waals surface area (Å²) >= 11 is 0. The summed E-state index contributed by atoms with van der Waals surface area (Å²) < 4.78 is 6.03. The van der Waals surface area contributed by atoms with E-state index in [-0.39, 0.29) is 5.60 Å². The number of para-hydroxylation sites is 1. The van der Waals surface area contributed by atoms with Gasteiger partial charge in [-0.1, -0.05) is 18.2 Å². The lowest BCUT2D eigenvalue weighted by atomic mass is 9.94. The molecule has 2 heteroatoms. The number of hydrogen-bond donors (Lipinski definition) is 1. The maximum atomic E-state index is 6.03. The topological polar surface area (TPSA) is 21.3 Å². The minimum Gasteiger partial charge on any atom is -0.486 e. The molecule has 1 spiro atoms. The van der Waals surface area contributed by atoms with E-state index in [1.165, 1.54) is 18.4 Å². The third-order valence-corrected chi connectivity index (χ3v) is 3.39. The number of ether oxygens (including phenoxy) is 1. The van der Waals surface area contributed by atoms with E-state index < -0.39 is 0 Å². The Hall–Kier alpha value is -1.02. The molecule has 0 amide bonds. The van der Waals surface area contributed by atoms with E-state index in [4.69, 9.17) is 4.74 Å². The summed E-state index contributed by atoms with van der Waals surface area (Å²) in [6.07, 6.45) is 2.43. The average Bonchev–Trinajstić information content (AvgIpc) is 2.89. The molecule has 2 aliphatic rings. The largest absolute Gasteiger partial charge is 0.486 e. The van der Waals surface area contributed by atoms with Gasteiger partial charge in [-0.25, -0.2) is 0 Å². The van der Waals surface area contributed by atoms with Crippen LogP contribution in [0.15, 0.2) is 24.3 Å². The molecule has 2 nitrogen and oxygen atoms in total. The third kappa shape index (κ3) is 1.01. The van der Waals surface area contributed by atoms with Gasteiger partial charge in [-0.15, -0.1) is 0 Å². The van der Waals surface area contributed by atoms with Gasteiger partial charge in [0.05, 0.1) is 0 Å². The van der Waals surface area contributed by atoms with Gasteiger partial charge < -0.3 is 10.1 Å². The summed E-state index contributed by atoms with van der Waals surface area (Å²) in [4.78, 5) is 0. The average molecular weight is 189 g/mol. The standard InChI is InChI=1S/C12H15NO/c1-13-8-10-9-4-2-3-5-11(9)14-12(10)6-7-12/h2-5,10,13H,6-8H2,1H3. The van der Waals surface area contributed by atoms with Crippen molar-refractivity contribution in [3.8, 4) is 5.75 Å². The maximum absolute atomic E-state index is 6.03. The van der Waals surface area contributed by atoms with E-state index in [0.717, 1.165) is 12.3 Å². The van der Waals surface area contributed by atoms with Crippen molar-refractivity contribution < 1.29 is 4.74 Å². The predicted octanol–water partition coefficient (Wildman–Crippen LogP) is 1.91. The predicted molar refractivity (Wildman–Crippen MR) is 55.7 cm³/mol. The number of rotatable bonds is 2. The van der Waals surface area contributed by atoms with Crippen molar-refractivity contribution in [3.63, 3.8) is 0 Å². The molecule has 1 unspecified atom stereocenters. The molecule has 1 heterocycles. The fourth-order valence-electron chi connectivity index (χ4n) is 2.51. The molecular formula is C12H15NO. The van der Waals surface area contributed by atoms with E-state index in [1.54, 1.807) is 0 Å². The van der Waals surface area contributed by atoms with Crippen LogP contribution in [0.4, 0.5) is 0 Å². The smallest absolute Gasteiger partial charge is 0.123 e. The van der Waals surface area contributed by atoms with E-state index in [1.807, 2.05) is 7.05 Å². The second kappa shape index (κ2) is 2.74. The van der Waals surface area contributed by atoms with Crippen LogP contribution >= 0.6 is 0 Å². The van der Waals surface area contributed by atoms with Crippen LogP contribution in [0.1, 0.15) is 24.3 Å². The number of nitrogens with one attached hydrogen (secondary N) is 1. The Kier molecular flexibility index (Phi) is 1.62. The first kappa shape index (κ1) is 8.30. The molecule has 0 bridgehead atoms. The first-order valence-electron chi connectivity index (χ1n) is 5.28. The Morgan fingerprint density at radius 3 is 2.93 bits per heavy atom. The summed E-state index contributed by atoms with van der Waals surface area (Å²) in [6, 6.07) is 8.44. The zero-order valence-corrected chi connectivity index (χ0v) is 8.42. The highest BCUT2D eigenvalue weighted by atomic mass is 16.5. The van der Waals surface area contributed by atoms with Crippen molar-refractivity contribution in [3.05, 3.63) is 29.8 Å². The minimum absolute atomic E-state index is 0.159. The second-order valence-electron chi connectivity index (χ2n) is 4.31. The molecule has 1 N–H and O–H groups in total. The van der Waals surface area contributed by atoms with Gasteiger partial charge in [0.25, 0.3) is 0 Å². The Balaban J connectivity index is 2.00. The minimum atomic E-state index is 0.159. The molecule has 1 atom stereocenters. The Labute approximate surface area is 84.3 Å². The third-order valence-electron chi connectivity index (χ3n) is 3.39. The first-order chi connectivity index (χ1) is 6.86. The van der Waals surface area contributed by atoms with Crippen LogP contribution in [0, 0.1) is 0 Å². The zero-order valence-electron chi connectivity index (χ0n) is 8.42. The van der Waals surface area contributed by atoms with Gasteiger partial charge in [-0.3, -0.25) is 0 Å². The Bertz CT molecular complexity index is 357. The molecule has 0 aromatic heterocycles. The van der Waals surface area contributed by atoms with Gasteiger partial charge >= 0.3 is 0 Å². The SMILES string of the molecule is CNCC1c2ccccc2OC12CC2. The molecule has 74 valence electrons. The number of hydrogen-bond acceptors (Lipinski definition) is 2. The summed E-state index contributed by atoms with van der Waals surface area (Å²) in [5.74, 6) is 1.66. The zero-order chi connectivity index (χ0) is 9.60. The van der Waals surface area contributed by atoms with Crippen LogP contribution < -0.4 is 10.1 Å². The lowest BCUT2D eigenvalue weighted by Gasteiger charge is -2.17. The molecule has 14 heavy (non-hydrogen) atoms. The van der Waals surface area contributed by atoms with Crippen LogP contribution in [0.3, 0.4) is 0 Å². The van der Waals surface area contributed by atoms with E-state index in [0.29, 0.717) is 5.92 Å². The number of likely N-dealkylation sites (N-methyl/N-ethyl adjacent to an activating group) is 1. The van der Waals surface area contributed by atoms with Crippen LogP contribution in [-0.4, -0.2) is 19.2 Å². The van der Waals surface area contributed by atoms with Gasteiger partial charge in [0, 0.05) is 18.0 Å². The summed E-state index contributed by atoms with van der Waals surface area (Å²) in [6.45, 7) is 1.02. The van der Waals surface area contributed by atoms with Crippen molar-refractivity contribution in [2.75, 3.05) is 13.6 Å². The fourth-order valence-corrected chi connectivity index (χ4v) is 2.51. The van der Waals surface area contributed by atoms with E-state index >= 15 is 0 Å². The molecule has 1 aliphatic carbocycles. The molecule has 0 radical (unpaired) electrons. The molecular weight excluding hydrogens is 174 g/mol. The van der Waals surface area contributed by atoms with Crippen molar-refractivity contribution in [1.82, 2.24) is 5.32 Å². The van der Waals surface area contributed by atoms with E-state index in [2.05, 4.69) is 29.6 Å². The lowest BCUT2D eigenvalue weighted by molar-refractivity contribution is 0.181. The maximum Gasteiger partial charge on any atom is 0.123 e. The van der Waals surface area contributed by atoms with Gasteiger partial charge in [0.2, 0.25) is 0 Å². The van der Waals surface area contributed by atoms with Gasteiger partial charge in [-0.2, -0.15) is 0 Å². The number of benzene rings is 1. The molecule has 1 saturated carbocycles. The number of fused-ring (bicyclic) bond motifs is 1. The molecule has 0 saturated heterocycles. The molecule has 1 aromatic rings. The van der Waals surface area contributed by atoms with Gasteiger partial charge in [-0.05, 0) is 26.0 Å². The Morgan fingerprint density at radius 1 is 1.43 bits per heavy atom. The van der Waals surface area contributed by atoms with Crippen LogP contribution in [0.25, 0.3) is 0 Å². The normalized spacial score (nSPS) is 25.9. The van der Waals surface area contributed by atoms with Crippen LogP contribution in [0.5, 0.6) is 5.75 Å². The first-order valence-corrected chi connectivity index (χ1v) is 5.28. The van der Waals surface area contributed by atoms with Crippen molar-refractivity contribution >= 4 is 0 Å². The van der Waals surface area contributed by atoms with Gasteiger partial charge in [0.1, 0.15) is 11.4 Å². The quantitative estimate of drug-likeness (QED) is 0.767. The molecule has 1 aliphatic heterocycles.